The van der Waals surface area contributed by atoms with Gasteiger partial charge in [-0.2, -0.15) is 13.2 Å². The molecule has 114 valence electrons. The molecule has 1 heterocycles. The van der Waals surface area contributed by atoms with Crippen molar-refractivity contribution >= 4 is 11.9 Å². The Hall–Kier alpha value is -2.05. The van der Waals surface area contributed by atoms with E-state index in [4.69, 9.17) is 0 Å². The number of aliphatic imine (C=N–C) groups is 1. The molecular weight excluding hydrogens is 283 g/mol. The van der Waals surface area contributed by atoms with Gasteiger partial charge in [-0.05, 0) is 38.5 Å². The van der Waals surface area contributed by atoms with Crippen LogP contribution in [-0.4, -0.2) is 17.9 Å². The number of hydrogen-bond donors (Lipinski definition) is 2. The molecule has 2 N–H and O–H groups in total. The monoisotopic (exact) mass is 299 g/mol. The topological polar surface area (TPSA) is 53.5 Å². The molecule has 1 aliphatic heterocycles. The number of rotatable bonds is 2. The number of guanidine groups is 1. The summed E-state index contributed by atoms with van der Waals surface area (Å²) in [4.78, 5) is 16.3. The second kappa shape index (κ2) is 5.05. The first-order valence-electron chi connectivity index (χ1n) is 6.48. The van der Waals surface area contributed by atoms with Gasteiger partial charge >= 0.3 is 6.18 Å². The minimum atomic E-state index is -4.45. The third kappa shape index (κ3) is 3.01. The van der Waals surface area contributed by atoms with Crippen LogP contribution in [0.2, 0.25) is 0 Å². The van der Waals surface area contributed by atoms with Gasteiger partial charge in [-0.15, -0.1) is 0 Å². The lowest BCUT2D eigenvalue weighted by atomic mass is 9.91. The highest BCUT2D eigenvalue weighted by Gasteiger charge is 2.43. The first kappa shape index (κ1) is 15.3. The minimum absolute atomic E-state index is 0.0448. The van der Waals surface area contributed by atoms with Gasteiger partial charge in [0.25, 0.3) is 5.91 Å². The van der Waals surface area contributed by atoms with Crippen molar-refractivity contribution in [1.82, 2.24) is 10.6 Å². The molecule has 0 bridgehead atoms. The molecule has 1 aromatic rings. The average Bonchev–Trinajstić information content (AvgIpc) is 2.64. The fourth-order valence-electron chi connectivity index (χ4n) is 2.09. The normalized spacial score (nSPS) is 24.3. The number of nitrogens with zero attached hydrogens (tertiary/aromatic N) is 1. The zero-order valence-electron chi connectivity index (χ0n) is 11.9. The zero-order valence-corrected chi connectivity index (χ0v) is 11.9. The molecule has 2 rings (SSSR count). The van der Waals surface area contributed by atoms with Gasteiger partial charge in [-0.3, -0.25) is 15.1 Å². The van der Waals surface area contributed by atoms with Gasteiger partial charge in [0.15, 0.2) is 5.96 Å². The minimum Gasteiger partial charge on any atom is -0.338 e. The number of amides is 1. The predicted molar refractivity (Wildman–Crippen MR) is 72.6 cm³/mol. The Kier molecular flexibility index (Phi) is 3.69. The molecule has 1 aliphatic rings. The van der Waals surface area contributed by atoms with Gasteiger partial charge in [0.05, 0.1) is 5.56 Å². The van der Waals surface area contributed by atoms with E-state index in [0.717, 1.165) is 12.1 Å². The quantitative estimate of drug-likeness (QED) is 0.881. The fraction of sp³-hybridized carbons (Fsp3) is 0.429. The number of alkyl halides is 3. The van der Waals surface area contributed by atoms with Crippen molar-refractivity contribution in [3.63, 3.8) is 0 Å². The van der Waals surface area contributed by atoms with Crippen LogP contribution in [0.1, 0.15) is 31.9 Å². The lowest BCUT2D eigenvalue weighted by Crippen LogP contribution is -2.41. The van der Waals surface area contributed by atoms with Gasteiger partial charge in [-0.25, -0.2) is 0 Å². The summed E-state index contributed by atoms with van der Waals surface area (Å²) >= 11 is 0. The van der Waals surface area contributed by atoms with E-state index in [9.17, 15) is 18.0 Å². The van der Waals surface area contributed by atoms with E-state index < -0.39 is 23.2 Å². The molecule has 1 amide bonds. The molecule has 0 aromatic heterocycles. The maximum atomic E-state index is 12.8. The van der Waals surface area contributed by atoms with Crippen LogP contribution in [0.3, 0.4) is 0 Å². The highest BCUT2D eigenvalue weighted by molar-refractivity contribution is 6.09. The summed E-state index contributed by atoms with van der Waals surface area (Å²) < 4.78 is 38.3. The van der Waals surface area contributed by atoms with E-state index in [0.29, 0.717) is 0 Å². The maximum Gasteiger partial charge on any atom is 0.416 e. The molecular formula is C14H16F3N3O. The van der Waals surface area contributed by atoms with E-state index in [1.807, 2.05) is 13.8 Å². The highest BCUT2D eigenvalue weighted by Crippen LogP contribution is 2.33. The Morgan fingerprint density at radius 1 is 1.29 bits per heavy atom. The smallest absolute Gasteiger partial charge is 0.338 e. The number of hydrogen-bond acceptors (Lipinski definition) is 2. The number of halogens is 3. The van der Waals surface area contributed by atoms with E-state index in [2.05, 4.69) is 15.6 Å². The van der Waals surface area contributed by atoms with Crippen molar-refractivity contribution in [3.8, 4) is 0 Å². The fourth-order valence-corrected chi connectivity index (χ4v) is 2.09. The Labute approximate surface area is 120 Å². The molecule has 1 fully saturated rings. The summed E-state index contributed by atoms with van der Waals surface area (Å²) in [6.45, 7) is 5.20. The van der Waals surface area contributed by atoms with Gasteiger partial charge in [0.1, 0.15) is 5.54 Å². The van der Waals surface area contributed by atoms with Crippen molar-refractivity contribution in [1.29, 1.82) is 0 Å². The first-order chi connectivity index (χ1) is 9.63. The van der Waals surface area contributed by atoms with Gasteiger partial charge < -0.3 is 5.32 Å². The molecule has 0 aliphatic carbocycles. The molecule has 1 unspecified atom stereocenters. The number of carbonyl (C=O) groups is 1. The van der Waals surface area contributed by atoms with Gasteiger partial charge in [-0.1, -0.05) is 12.1 Å². The molecule has 21 heavy (non-hydrogen) atoms. The summed E-state index contributed by atoms with van der Waals surface area (Å²) in [5.74, 6) is -0.156. The van der Waals surface area contributed by atoms with Crippen LogP contribution in [0.4, 0.5) is 13.2 Å². The lowest BCUT2D eigenvalue weighted by Gasteiger charge is -2.22. The predicted octanol–water partition coefficient (Wildman–Crippen LogP) is 2.40. The molecule has 1 aromatic carbocycles. The standard InChI is InChI=1S/C14H16F3N3O/c1-8(2)18-12-19-11(21)13(3,20-12)9-5-4-6-10(7-9)14(15,16)17/h4-8H,1-3H3,(H2,18,19,20,21). The van der Waals surface area contributed by atoms with Crippen molar-refractivity contribution < 1.29 is 18.0 Å². The Morgan fingerprint density at radius 3 is 2.52 bits per heavy atom. The van der Waals surface area contributed by atoms with Crippen LogP contribution in [0, 0.1) is 0 Å². The molecule has 1 atom stereocenters. The zero-order chi connectivity index (χ0) is 15.8. The Morgan fingerprint density at radius 2 is 1.95 bits per heavy atom. The van der Waals surface area contributed by atoms with Gasteiger partial charge in [0, 0.05) is 6.04 Å². The van der Waals surface area contributed by atoms with E-state index in [1.165, 1.54) is 19.1 Å². The van der Waals surface area contributed by atoms with Crippen LogP contribution in [0.5, 0.6) is 0 Å². The number of nitrogens with one attached hydrogen (secondary N) is 2. The second-order valence-electron chi connectivity index (χ2n) is 5.35. The van der Waals surface area contributed by atoms with Crippen molar-refractivity contribution in [2.45, 2.75) is 38.5 Å². The first-order valence-corrected chi connectivity index (χ1v) is 6.48. The van der Waals surface area contributed by atoms with Crippen molar-refractivity contribution in [2.24, 2.45) is 4.99 Å². The average molecular weight is 299 g/mol. The Bertz CT molecular complexity index is 595. The summed E-state index contributed by atoms with van der Waals surface area (Å²) in [7, 11) is 0. The second-order valence-corrected chi connectivity index (χ2v) is 5.35. The lowest BCUT2D eigenvalue weighted by molar-refractivity contribution is -0.137. The van der Waals surface area contributed by atoms with E-state index in [1.54, 1.807) is 0 Å². The third-order valence-corrected chi connectivity index (χ3v) is 3.21. The van der Waals surface area contributed by atoms with Crippen molar-refractivity contribution in [3.05, 3.63) is 35.4 Å². The van der Waals surface area contributed by atoms with E-state index in [-0.39, 0.29) is 17.6 Å². The summed E-state index contributed by atoms with van der Waals surface area (Å²) in [6, 6.07) is 4.68. The Balaban J connectivity index is 2.39. The SMILES string of the molecule is CC(C)N=C1NC(=O)C(C)(c2cccc(C(F)(F)F)c2)N1. The van der Waals surface area contributed by atoms with Crippen LogP contribution >= 0.6 is 0 Å². The summed E-state index contributed by atoms with van der Waals surface area (Å²) in [6.07, 6.45) is -4.45. The highest BCUT2D eigenvalue weighted by atomic mass is 19.4. The van der Waals surface area contributed by atoms with Crippen LogP contribution in [0.15, 0.2) is 29.3 Å². The van der Waals surface area contributed by atoms with Crippen LogP contribution in [-0.2, 0) is 16.5 Å². The molecule has 0 radical (unpaired) electrons. The van der Waals surface area contributed by atoms with Crippen LogP contribution < -0.4 is 10.6 Å². The maximum absolute atomic E-state index is 12.8. The largest absolute Gasteiger partial charge is 0.416 e. The molecule has 7 heteroatoms. The van der Waals surface area contributed by atoms with E-state index >= 15 is 0 Å². The molecule has 1 saturated heterocycles. The molecule has 0 spiro atoms. The summed E-state index contributed by atoms with van der Waals surface area (Å²) in [5, 5.41) is 5.42. The molecule has 4 nitrogen and oxygen atoms in total. The van der Waals surface area contributed by atoms with Crippen molar-refractivity contribution in [2.75, 3.05) is 0 Å². The van der Waals surface area contributed by atoms with Gasteiger partial charge in [0.2, 0.25) is 0 Å². The van der Waals surface area contributed by atoms with Crippen LogP contribution in [0.25, 0.3) is 0 Å². The molecule has 0 saturated carbocycles. The number of carbonyl (C=O) groups excluding carboxylic acids is 1. The summed E-state index contributed by atoms with van der Waals surface area (Å²) in [5.41, 5.74) is -1.82. The number of benzene rings is 1. The third-order valence-electron chi connectivity index (χ3n) is 3.21.